The smallest absolute Gasteiger partial charge is 0.265 e. The van der Waals surface area contributed by atoms with E-state index in [-0.39, 0.29) is 16.4 Å². The molecule has 1 aromatic heterocycles. The zero-order valence-electron chi connectivity index (χ0n) is 10.3. The number of halogens is 3. The van der Waals surface area contributed by atoms with Gasteiger partial charge in [0.05, 0.1) is 5.69 Å². The minimum atomic E-state index is -4.13. The molecular formula is C11H9BrF2N4O2S. The van der Waals surface area contributed by atoms with Crippen LogP contribution in [0, 0.1) is 11.6 Å². The maximum atomic E-state index is 13.1. The molecule has 10 heteroatoms. The molecule has 0 saturated carbocycles. The molecular weight excluding hydrogens is 370 g/mol. The van der Waals surface area contributed by atoms with Crippen LogP contribution in [0.4, 0.5) is 20.3 Å². The topological polar surface area (TPSA) is 97.1 Å². The number of hydrazine groups is 1. The van der Waals surface area contributed by atoms with Crippen LogP contribution in [-0.2, 0) is 10.0 Å². The van der Waals surface area contributed by atoms with Crippen LogP contribution in [0.3, 0.4) is 0 Å². The Morgan fingerprint density at radius 1 is 1.14 bits per heavy atom. The van der Waals surface area contributed by atoms with E-state index < -0.39 is 21.7 Å². The molecule has 0 radical (unpaired) electrons. The third kappa shape index (κ3) is 3.65. The fourth-order valence-electron chi connectivity index (χ4n) is 1.56. The highest BCUT2D eigenvalue weighted by atomic mass is 79.9. The average Bonchev–Trinajstić information content (AvgIpc) is 2.36. The van der Waals surface area contributed by atoms with Gasteiger partial charge in [-0.1, -0.05) is 0 Å². The number of hydrogen-bond acceptors (Lipinski definition) is 5. The number of aromatic nitrogens is 1. The summed E-state index contributed by atoms with van der Waals surface area (Å²) >= 11 is 3.08. The quantitative estimate of drug-likeness (QED) is 0.559. The van der Waals surface area contributed by atoms with Crippen molar-refractivity contribution < 1.29 is 17.2 Å². The number of pyridine rings is 1. The Labute approximate surface area is 127 Å². The van der Waals surface area contributed by atoms with Gasteiger partial charge in [-0.25, -0.2) is 28.0 Å². The first-order valence-electron chi connectivity index (χ1n) is 5.43. The van der Waals surface area contributed by atoms with Gasteiger partial charge in [-0.15, -0.1) is 0 Å². The number of nitrogens with one attached hydrogen (secondary N) is 2. The Morgan fingerprint density at radius 3 is 2.33 bits per heavy atom. The molecule has 4 N–H and O–H groups in total. The Balaban J connectivity index is 2.45. The molecule has 0 aliphatic rings. The number of benzene rings is 1. The van der Waals surface area contributed by atoms with Gasteiger partial charge < -0.3 is 5.43 Å². The summed E-state index contributed by atoms with van der Waals surface area (Å²) in [6.07, 6.45) is 1.34. The van der Waals surface area contributed by atoms with Gasteiger partial charge in [0.1, 0.15) is 16.5 Å². The summed E-state index contributed by atoms with van der Waals surface area (Å²) in [6.45, 7) is 0. The van der Waals surface area contributed by atoms with E-state index >= 15 is 0 Å². The lowest BCUT2D eigenvalue weighted by Crippen LogP contribution is -2.18. The SMILES string of the molecule is NNc1ncc(Br)cc1S(=O)(=O)Nc1cc(F)cc(F)c1. The van der Waals surface area contributed by atoms with Crippen molar-refractivity contribution in [2.24, 2.45) is 5.84 Å². The second kappa shape index (κ2) is 5.92. The van der Waals surface area contributed by atoms with Crippen molar-refractivity contribution in [3.8, 4) is 0 Å². The highest BCUT2D eigenvalue weighted by Crippen LogP contribution is 2.25. The Morgan fingerprint density at radius 2 is 1.76 bits per heavy atom. The summed E-state index contributed by atoms with van der Waals surface area (Å²) in [4.78, 5) is 3.52. The Kier molecular flexibility index (Phi) is 4.40. The molecule has 1 heterocycles. The lowest BCUT2D eigenvalue weighted by molar-refractivity contribution is 0.584. The molecule has 0 spiro atoms. The fourth-order valence-corrected chi connectivity index (χ4v) is 3.23. The van der Waals surface area contributed by atoms with E-state index in [1.54, 1.807) is 0 Å². The standard InChI is InChI=1S/C11H9BrF2N4O2S/c12-6-1-10(11(17-15)16-5-6)21(19,20)18-9-3-7(13)2-8(14)4-9/h1-5,18H,15H2,(H,16,17). The minimum Gasteiger partial charge on any atom is -0.307 e. The largest absolute Gasteiger partial charge is 0.307 e. The van der Waals surface area contributed by atoms with Gasteiger partial charge in [0, 0.05) is 16.7 Å². The van der Waals surface area contributed by atoms with Crippen LogP contribution in [0.15, 0.2) is 39.8 Å². The number of nitrogen functional groups attached to an aromatic ring is 1. The molecule has 0 aliphatic carbocycles. The van der Waals surface area contributed by atoms with Crippen LogP contribution in [-0.4, -0.2) is 13.4 Å². The predicted octanol–water partition coefficient (Wildman–Crippen LogP) is 2.21. The number of nitrogens with zero attached hydrogens (tertiary/aromatic N) is 1. The van der Waals surface area contributed by atoms with Crippen LogP contribution in [0.5, 0.6) is 0 Å². The number of rotatable bonds is 4. The van der Waals surface area contributed by atoms with Crippen LogP contribution in [0.25, 0.3) is 0 Å². The molecule has 0 unspecified atom stereocenters. The van der Waals surface area contributed by atoms with E-state index in [9.17, 15) is 17.2 Å². The summed E-state index contributed by atoms with van der Waals surface area (Å²) in [5.41, 5.74) is 1.88. The van der Waals surface area contributed by atoms with E-state index in [0.29, 0.717) is 10.5 Å². The van der Waals surface area contributed by atoms with Gasteiger partial charge in [-0.2, -0.15) is 0 Å². The van der Waals surface area contributed by atoms with Gasteiger partial charge in [0.2, 0.25) is 0 Å². The van der Waals surface area contributed by atoms with Gasteiger partial charge in [-0.05, 0) is 34.1 Å². The van der Waals surface area contributed by atoms with E-state index in [4.69, 9.17) is 5.84 Å². The number of anilines is 2. The van der Waals surface area contributed by atoms with Crippen molar-refractivity contribution in [3.05, 3.63) is 46.6 Å². The molecule has 0 bridgehead atoms. The Bertz CT molecular complexity index is 766. The molecule has 0 saturated heterocycles. The van der Waals surface area contributed by atoms with Crippen LogP contribution >= 0.6 is 15.9 Å². The van der Waals surface area contributed by atoms with E-state index in [0.717, 1.165) is 12.1 Å². The van der Waals surface area contributed by atoms with Gasteiger partial charge in [0.25, 0.3) is 10.0 Å². The number of nitrogens with two attached hydrogens (primary N) is 1. The summed E-state index contributed by atoms with van der Waals surface area (Å²) in [5, 5.41) is 0. The predicted molar refractivity (Wildman–Crippen MR) is 76.9 cm³/mol. The van der Waals surface area contributed by atoms with Crippen molar-refractivity contribution in [1.29, 1.82) is 0 Å². The van der Waals surface area contributed by atoms with Crippen LogP contribution < -0.4 is 16.0 Å². The van der Waals surface area contributed by atoms with E-state index in [2.05, 4.69) is 31.1 Å². The monoisotopic (exact) mass is 378 g/mol. The first kappa shape index (κ1) is 15.6. The summed E-state index contributed by atoms with van der Waals surface area (Å²) in [6, 6.07) is 3.58. The first-order valence-corrected chi connectivity index (χ1v) is 7.70. The molecule has 0 aliphatic heterocycles. The molecule has 2 rings (SSSR count). The maximum Gasteiger partial charge on any atom is 0.265 e. The Hall–Kier alpha value is -1.78. The molecule has 0 amide bonds. The molecule has 0 atom stereocenters. The van der Waals surface area contributed by atoms with Crippen molar-refractivity contribution in [3.63, 3.8) is 0 Å². The second-order valence-corrected chi connectivity index (χ2v) is 6.47. The average molecular weight is 379 g/mol. The maximum absolute atomic E-state index is 13.1. The number of hydrogen-bond donors (Lipinski definition) is 3. The fraction of sp³-hybridized carbons (Fsp3) is 0. The van der Waals surface area contributed by atoms with E-state index in [1.807, 2.05) is 0 Å². The van der Waals surface area contributed by atoms with Crippen LogP contribution in [0.1, 0.15) is 0 Å². The minimum absolute atomic E-state index is 0.109. The highest BCUT2D eigenvalue weighted by Gasteiger charge is 2.20. The molecule has 112 valence electrons. The zero-order valence-corrected chi connectivity index (χ0v) is 12.7. The van der Waals surface area contributed by atoms with E-state index in [1.165, 1.54) is 12.3 Å². The third-order valence-electron chi connectivity index (χ3n) is 2.36. The summed E-state index contributed by atoms with van der Waals surface area (Å²) in [7, 11) is -4.13. The second-order valence-electron chi connectivity index (χ2n) is 3.91. The van der Waals surface area contributed by atoms with Crippen molar-refractivity contribution in [2.75, 3.05) is 10.1 Å². The molecule has 21 heavy (non-hydrogen) atoms. The van der Waals surface area contributed by atoms with Crippen molar-refractivity contribution in [2.45, 2.75) is 4.90 Å². The molecule has 6 nitrogen and oxygen atoms in total. The van der Waals surface area contributed by atoms with Gasteiger partial charge >= 0.3 is 0 Å². The normalized spacial score (nSPS) is 11.2. The molecule has 0 fully saturated rings. The zero-order chi connectivity index (χ0) is 15.6. The van der Waals surface area contributed by atoms with Crippen molar-refractivity contribution >= 4 is 37.5 Å². The highest BCUT2D eigenvalue weighted by molar-refractivity contribution is 9.10. The lowest BCUT2D eigenvalue weighted by Gasteiger charge is -2.11. The van der Waals surface area contributed by atoms with Crippen LogP contribution in [0.2, 0.25) is 0 Å². The molecule has 2 aromatic rings. The number of sulfonamides is 1. The van der Waals surface area contributed by atoms with Gasteiger partial charge in [0.15, 0.2) is 5.82 Å². The molecule has 1 aromatic carbocycles. The van der Waals surface area contributed by atoms with Crippen molar-refractivity contribution in [1.82, 2.24) is 4.98 Å². The third-order valence-corrected chi connectivity index (χ3v) is 4.19. The van der Waals surface area contributed by atoms with Gasteiger partial charge in [-0.3, -0.25) is 4.72 Å². The summed E-state index contributed by atoms with van der Waals surface area (Å²) in [5.74, 6) is 3.28. The first-order chi connectivity index (χ1) is 9.81. The summed E-state index contributed by atoms with van der Waals surface area (Å²) < 4.78 is 53.1. The lowest BCUT2D eigenvalue weighted by atomic mass is 10.3.